The molecule has 0 aromatic heterocycles. The third-order valence-corrected chi connectivity index (χ3v) is 7.68. The fourth-order valence-electron chi connectivity index (χ4n) is 4.75. The first-order chi connectivity index (χ1) is 19.7. The van der Waals surface area contributed by atoms with Crippen LogP contribution < -0.4 is 5.32 Å². The minimum Gasteiger partial charge on any atom is -0.465 e. The number of hydrogen-bond acceptors (Lipinski definition) is 7. The molecule has 0 aliphatic carbocycles. The fourth-order valence-corrected chi connectivity index (χ4v) is 5.72. The summed E-state index contributed by atoms with van der Waals surface area (Å²) in [5, 5.41) is 3.42. The minimum atomic E-state index is -4.59. The van der Waals surface area contributed by atoms with Crippen LogP contribution in [0.4, 0.5) is 13.2 Å². The number of nitrogens with one attached hydrogen (secondary N) is 1. The van der Waals surface area contributed by atoms with Gasteiger partial charge in [-0.05, 0) is 63.1 Å². The van der Waals surface area contributed by atoms with E-state index >= 15 is 0 Å². The summed E-state index contributed by atoms with van der Waals surface area (Å²) in [5.41, 5.74) is 1.45. The van der Waals surface area contributed by atoms with E-state index in [0.29, 0.717) is 17.2 Å². The molecule has 0 amide bonds. The second-order valence-corrected chi connectivity index (χ2v) is 10.7. The molecule has 10 heteroatoms. The van der Waals surface area contributed by atoms with Gasteiger partial charge in [-0.3, -0.25) is 9.79 Å². The van der Waals surface area contributed by atoms with Crippen LogP contribution >= 0.6 is 11.8 Å². The van der Waals surface area contributed by atoms with E-state index in [1.165, 1.54) is 17.7 Å². The van der Waals surface area contributed by atoms with E-state index in [1.54, 1.807) is 32.5 Å². The largest absolute Gasteiger partial charge is 0.465 e. The molecule has 2 unspecified atom stereocenters. The van der Waals surface area contributed by atoms with Crippen LogP contribution in [0.1, 0.15) is 56.2 Å². The van der Waals surface area contributed by atoms with Gasteiger partial charge in [-0.15, -0.1) is 0 Å². The Bertz CT molecular complexity index is 1230. The molecule has 6 nitrogen and oxygen atoms in total. The number of rotatable bonds is 14. The number of carbonyl (C=O) groups excluding carboxylic acids is 2. The monoisotopic (exact) mass is 590 g/mol. The number of halogens is 3. The van der Waals surface area contributed by atoms with Gasteiger partial charge in [-0.25, -0.2) is 4.79 Å². The van der Waals surface area contributed by atoms with Gasteiger partial charge < -0.3 is 14.8 Å². The Kier molecular flexibility index (Phi) is 12.5. The van der Waals surface area contributed by atoms with Crippen molar-refractivity contribution in [2.75, 3.05) is 31.3 Å². The van der Waals surface area contributed by atoms with Crippen LogP contribution in [-0.2, 0) is 31.8 Å². The number of nitrogens with zero attached hydrogens (tertiary/aromatic N) is 1. The van der Waals surface area contributed by atoms with Crippen LogP contribution in [0.5, 0.6) is 0 Å². The Labute approximate surface area is 243 Å². The molecule has 2 aromatic carbocycles. The van der Waals surface area contributed by atoms with Gasteiger partial charge in [-0.1, -0.05) is 48.5 Å². The molecule has 1 aliphatic rings. The van der Waals surface area contributed by atoms with E-state index in [0.717, 1.165) is 43.8 Å². The van der Waals surface area contributed by atoms with Crippen LogP contribution in [0.3, 0.4) is 0 Å². The summed E-state index contributed by atoms with van der Waals surface area (Å²) in [6, 6.07) is 14.9. The summed E-state index contributed by atoms with van der Waals surface area (Å²) >= 11 is 1.58. The number of carbonyl (C=O) groups is 2. The molecule has 222 valence electrons. The second-order valence-electron chi connectivity index (χ2n) is 9.59. The SMILES string of the molecule is CCOC(=O)C1=C(CSCCCCNCc2ccccc2)N=C(C)C(C(=O)OCC)C1c1cccc(C(F)(F)F)c1. The predicted molar refractivity (Wildman–Crippen MR) is 156 cm³/mol. The molecular weight excluding hydrogens is 553 g/mol. The van der Waals surface area contributed by atoms with Gasteiger partial charge in [0.15, 0.2) is 0 Å². The number of alkyl halides is 3. The molecule has 3 rings (SSSR count). The van der Waals surface area contributed by atoms with Crippen LogP contribution in [-0.4, -0.2) is 48.9 Å². The maximum atomic E-state index is 13.6. The maximum Gasteiger partial charge on any atom is 0.416 e. The number of ether oxygens (including phenoxy) is 2. The number of esters is 2. The zero-order chi connectivity index (χ0) is 29.8. The molecule has 1 N–H and O–H groups in total. The van der Waals surface area contributed by atoms with Crippen molar-refractivity contribution in [2.24, 2.45) is 10.9 Å². The molecule has 41 heavy (non-hydrogen) atoms. The molecule has 1 heterocycles. The second kappa shape index (κ2) is 15.8. The lowest BCUT2D eigenvalue weighted by atomic mass is 9.75. The molecule has 0 fully saturated rings. The smallest absolute Gasteiger partial charge is 0.416 e. The molecule has 1 aliphatic heterocycles. The fraction of sp³-hybridized carbons (Fsp3) is 0.452. The van der Waals surface area contributed by atoms with Crippen molar-refractivity contribution in [3.63, 3.8) is 0 Å². The van der Waals surface area contributed by atoms with Crippen LogP contribution in [0.15, 0.2) is 70.9 Å². The van der Waals surface area contributed by atoms with Gasteiger partial charge in [0.25, 0.3) is 0 Å². The van der Waals surface area contributed by atoms with E-state index in [9.17, 15) is 22.8 Å². The standard InChI is InChI=1S/C31H37F3N2O4S/c1-4-39-29(37)26-21(3)36-25(20-41-17-10-9-16-35-19-22-12-7-6-8-13-22)28(30(38)40-5-2)27(26)23-14-11-15-24(18-23)31(32,33)34/h6-8,11-15,18,26-27,35H,4-5,9-10,16-17,19-20H2,1-3H3. The molecule has 2 atom stereocenters. The highest BCUT2D eigenvalue weighted by atomic mass is 32.2. The van der Waals surface area contributed by atoms with Crippen LogP contribution in [0.25, 0.3) is 0 Å². The highest BCUT2D eigenvalue weighted by Crippen LogP contribution is 2.42. The first kappa shape index (κ1) is 32.4. The Morgan fingerprint density at radius 1 is 1.00 bits per heavy atom. The van der Waals surface area contributed by atoms with E-state index in [1.807, 2.05) is 18.2 Å². The van der Waals surface area contributed by atoms with Gasteiger partial charge in [0.05, 0.1) is 30.0 Å². The first-order valence-corrected chi connectivity index (χ1v) is 14.9. The van der Waals surface area contributed by atoms with Crippen molar-refractivity contribution in [3.8, 4) is 0 Å². The van der Waals surface area contributed by atoms with Gasteiger partial charge in [0, 0.05) is 23.9 Å². The summed E-state index contributed by atoms with van der Waals surface area (Å²) in [6.45, 7) is 6.76. The molecule has 0 saturated heterocycles. The number of thioether (sulfide) groups is 1. The summed E-state index contributed by atoms with van der Waals surface area (Å²) < 4.78 is 51.5. The minimum absolute atomic E-state index is 0.0703. The lowest BCUT2D eigenvalue weighted by molar-refractivity contribution is -0.146. The van der Waals surface area contributed by atoms with Crippen molar-refractivity contribution in [3.05, 3.63) is 82.6 Å². The quantitative estimate of drug-likeness (QED) is 0.198. The molecule has 0 spiro atoms. The van der Waals surface area contributed by atoms with E-state index < -0.39 is 35.5 Å². The highest BCUT2D eigenvalue weighted by Gasteiger charge is 2.44. The first-order valence-electron chi connectivity index (χ1n) is 13.8. The van der Waals surface area contributed by atoms with E-state index in [2.05, 4.69) is 22.4 Å². The molecule has 0 radical (unpaired) electrons. The lowest BCUT2D eigenvalue weighted by Crippen LogP contribution is -2.37. The predicted octanol–water partition coefficient (Wildman–Crippen LogP) is 6.56. The summed E-state index contributed by atoms with van der Waals surface area (Å²) in [4.78, 5) is 31.0. The Hall–Kier alpha value is -3.11. The van der Waals surface area contributed by atoms with Crippen LogP contribution in [0.2, 0.25) is 0 Å². The number of hydrogen-bond donors (Lipinski definition) is 1. The van der Waals surface area contributed by atoms with Crippen molar-refractivity contribution < 1.29 is 32.2 Å². The van der Waals surface area contributed by atoms with E-state index in [4.69, 9.17) is 9.47 Å². The average Bonchev–Trinajstić information content (AvgIpc) is 2.94. The van der Waals surface area contributed by atoms with Crippen LogP contribution in [0, 0.1) is 5.92 Å². The Balaban J connectivity index is 1.80. The molecular formula is C31H37F3N2O4S. The van der Waals surface area contributed by atoms with Crippen molar-refractivity contribution in [1.29, 1.82) is 0 Å². The Morgan fingerprint density at radius 3 is 2.41 bits per heavy atom. The third kappa shape index (κ3) is 9.19. The van der Waals surface area contributed by atoms with Gasteiger partial charge in [0.1, 0.15) is 5.92 Å². The third-order valence-electron chi connectivity index (χ3n) is 6.63. The van der Waals surface area contributed by atoms with Crippen molar-refractivity contribution in [1.82, 2.24) is 5.32 Å². The summed E-state index contributed by atoms with van der Waals surface area (Å²) in [6.07, 6.45) is -2.70. The zero-order valence-electron chi connectivity index (χ0n) is 23.6. The normalized spacial score (nSPS) is 17.3. The number of aliphatic imine (C=N–C) groups is 1. The Morgan fingerprint density at radius 2 is 1.73 bits per heavy atom. The number of benzene rings is 2. The van der Waals surface area contributed by atoms with Gasteiger partial charge in [-0.2, -0.15) is 24.9 Å². The summed E-state index contributed by atoms with van der Waals surface area (Å²) in [7, 11) is 0. The molecule has 0 bridgehead atoms. The lowest BCUT2D eigenvalue weighted by Gasteiger charge is -2.32. The van der Waals surface area contributed by atoms with E-state index in [-0.39, 0.29) is 24.4 Å². The molecule has 2 aromatic rings. The average molecular weight is 591 g/mol. The summed E-state index contributed by atoms with van der Waals surface area (Å²) in [5.74, 6) is -2.26. The number of unbranched alkanes of at least 4 members (excludes halogenated alkanes) is 1. The zero-order valence-corrected chi connectivity index (χ0v) is 24.4. The van der Waals surface area contributed by atoms with Gasteiger partial charge >= 0.3 is 18.1 Å². The highest BCUT2D eigenvalue weighted by molar-refractivity contribution is 7.99. The van der Waals surface area contributed by atoms with Gasteiger partial charge in [0.2, 0.25) is 0 Å². The van der Waals surface area contributed by atoms with Crippen molar-refractivity contribution >= 4 is 29.4 Å². The molecule has 0 saturated carbocycles. The maximum absolute atomic E-state index is 13.6. The van der Waals surface area contributed by atoms with Crippen molar-refractivity contribution in [2.45, 2.75) is 52.3 Å². The topological polar surface area (TPSA) is 77.0 Å².